The van der Waals surface area contributed by atoms with Crippen molar-refractivity contribution in [2.75, 3.05) is 19.6 Å². The second-order valence-electron chi connectivity index (χ2n) is 5.78. The normalized spacial score (nSPS) is 15.6. The minimum Gasteiger partial charge on any atom is -0.476 e. The average Bonchev–Trinajstić information content (AvgIpc) is 2.91. The molecule has 1 saturated heterocycles. The molecular weight excluding hydrogens is 262 g/mol. The predicted molar refractivity (Wildman–Crippen MR) is 70.7 cm³/mol. The number of carboxylic acids is 1. The van der Waals surface area contributed by atoms with E-state index in [1.807, 2.05) is 20.8 Å². The molecular formula is C12H19N5O3. The Bertz CT molecular complexity index is 532. The van der Waals surface area contributed by atoms with Gasteiger partial charge in [-0.25, -0.2) is 14.3 Å². The summed E-state index contributed by atoms with van der Waals surface area (Å²) in [5.41, 5.74) is 0.165. The van der Waals surface area contributed by atoms with E-state index in [1.165, 1.54) is 0 Å². The minimum absolute atomic E-state index is 0.0247. The summed E-state index contributed by atoms with van der Waals surface area (Å²) in [5, 5.41) is 19.6. The molecule has 0 bridgehead atoms. The molecule has 0 radical (unpaired) electrons. The average molecular weight is 281 g/mol. The number of aromatic nitrogens is 3. The number of nitrogens with zero attached hydrogens (tertiary/aromatic N) is 4. The molecule has 0 unspecified atom stereocenters. The molecule has 20 heavy (non-hydrogen) atoms. The molecule has 0 atom stereocenters. The van der Waals surface area contributed by atoms with Gasteiger partial charge in [0.05, 0.1) is 12.2 Å². The van der Waals surface area contributed by atoms with Crippen LogP contribution in [0.2, 0.25) is 0 Å². The van der Waals surface area contributed by atoms with E-state index in [0.29, 0.717) is 31.9 Å². The van der Waals surface area contributed by atoms with Crippen LogP contribution in [0.25, 0.3) is 0 Å². The van der Waals surface area contributed by atoms with E-state index in [4.69, 9.17) is 0 Å². The predicted octanol–water partition coefficient (Wildman–Crippen LogP) is 0.299. The summed E-state index contributed by atoms with van der Waals surface area (Å²) in [4.78, 5) is 24.3. The van der Waals surface area contributed by atoms with E-state index in [2.05, 4.69) is 15.6 Å². The van der Waals surface area contributed by atoms with Gasteiger partial charge in [0.25, 0.3) is 0 Å². The van der Waals surface area contributed by atoms with Crippen molar-refractivity contribution in [2.24, 2.45) is 0 Å². The molecule has 1 aromatic heterocycles. The Kier molecular flexibility index (Phi) is 3.65. The zero-order valence-corrected chi connectivity index (χ0v) is 11.9. The standard InChI is InChI=1S/C12H19N5O3/c1-12(2,3)9-8(10(18)19)14-15-17(9)7-6-16-5-4-13-11(16)20/h4-7H2,1-3H3,(H,13,20)(H,18,19). The zero-order chi connectivity index (χ0) is 14.9. The molecule has 0 saturated carbocycles. The molecule has 0 aromatic carbocycles. The lowest BCUT2D eigenvalue weighted by atomic mass is 9.90. The highest BCUT2D eigenvalue weighted by atomic mass is 16.4. The fraction of sp³-hybridized carbons (Fsp3) is 0.667. The molecule has 1 aliphatic rings. The number of amides is 2. The first kappa shape index (κ1) is 14.3. The van der Waals surface area contributed by atoms with Crippen molar-refractivity contribution < 1.29 is 14.7 Å². The number of carbonyl (C=O) groups is 2. The van der Waals surface area contributed by atoms with Crippen LogP contribution >= 0.6 is 0 Å². The lowest BCUT2D eigenvalue weighted by Gasteiger charge is -2.21. The Morgan fingerprint density at radius 1 is 1.40 bits per heavy atom. The molecule has 1 aliphatic heterocycles. The van der Waals surface area contributed by atoms with Crippen LogP contribution in [-0.4, -0.2) is 56.6 Å². The summed E-state index contributed by atoms with van der Waals surface area (Å²) < 4.78 is 1.58. The molecule has 0 spiro atoms. The summed E-state index contributed by atoms with van der Waals surface area (Å²) in [5.74, 6) is -1.08. The van der Waals surface area contributed by atoms with Crippen molar-refractivity contribution in [3.8, 4) is 0 Å². The van der Waals surface area contributed by atoms with Crippen LogP contribution in [0.1, 0.15) is 37.0 Å². The molecule has 2 heterocycles. The van der Waals surface area contributed by atoms with Gasteiger partial charge in [0, 0.05) is 25.0 Å². The van der Waals surface area contributed by atoms with Crippen LogP contribution in [0.15, 0.2) is 0 Å². The van der Waals surface area contributed by atoms with E-state index >= 15 is 0 Å². The number of rotatable bonds is 4. The van der Waals surface area contributed by atoms with Gasteiger partial charge in [0.15, 0.2) is 5.69 Å². The SMILES string of the molecule is CC(C)(C)c1c(C(=O)O)nnn1CCN1CCNC1=O. The third-order valence-corrected chi connectivity index (χ3v) is 3.17. The lowest BCUT2D eigenvalue weighted by Crippen LogP contribution is -2.32. The Morgan fingerprint density at radius 2 is 2.10 bits per heavy atom. The first-order valence-electron chi connectivity index (χ1n) is 6.50. The maximum atomic E-state index is 11.5. The number of hydrogen-bond acceptors (Lipinski definition) is 4. The van der Waals surface area contributed by atoms with Gasteiger partial charge in [0.1, 0.15) is 0 Å². The van der Waals surface area contributed by atoms with Crippen molar-refractivity contribution in [1.29, 1.82) is 0 Å². The maximum Gasteiger partial charge on any atom is 0.358 e. The molecule has 2 amide bonds. The minimum atomic E-state index is -1.08. The molecule has 2 N–H and O–H groups in total. The Morgan fingerprint density at radius 3 is 2.60 bits per heavy atom. The van der Waals surface area contributed by atoms with Crippen molar-refractivity contribution in [3.63, 3.8) is 0 Å². The first-order chi connectivity index (χ1) is 9.30. The number of carbonyl (C=O) groups excluding carboxylic acids is 1. The smallest absolute Gasteiger partial charge is 0.358 e. The summed E-state index contributed by atoms with van der Waals surface area (Å²) in [6, 6.07) is -0.0964. The number of urea groups is 1. The third kappa shape index (κ3) is 2.73. The fourth-order valence-electron chi connectivity index (χ4n) is 2.30. The Labute approximate surface area is 116 Å². The first-order valence-corrected chi connectivity index (χ1v) is 6.50. The highest BCUT2D eigenvalue weighted by Gasteiger charge is 2.29. The van der Waals surface area contributed by atoms with E-state index in [-0.39, 0.29) is 17.1 Å². The van der Waals surface area contributed by atoms with Gasteiger partial charge in [-0.05, 0) is 0 Å². The van der Waals surface area contributed by atoms with Gasteiger partial charge in [-0.2, -0.15) is 0 Å². The van der Waals surface area contributed by atoms with Crippen LogP contribution in [0, 0.1) is 0 Å². The maximum absolute atomic E-state index is 11.5. The highest BCUT2D eigenvalue weighted by Crippen LogP contribution is 2.24. The summed E-state index contributed by atoms with van der Waals surface area (Å²) in [6.07, 6.45) is 0. The van der Waals surface area contributed by atoms with Gasteiger partial charge in [0.2, 0.25) is 0 Å². The Hall–Kier alpha value is -2.12. The van der Waals surface area contributed by atoms with Gasteiger partial charge in [-0.15, -0.1) is 5.10 Å². The molecule has 110 valence electrons. The van der Waals surface area contributed by atoms with Crippen LogP contribution in [0.5, 0.6) is 0 Å². The topological polar surface area (TPSA) is 100 Å². The Balaban J connectivity index is 2.19. The van der Waals surface area contributed by atoms with Crippen molar-refractivity contribution in [3.05, 3.63) is 11.4 Å². The van der Waals surface area contributed by atoms with Crippen LogP contribution in [-0.2, 0) is 12.0 Å². The largest absolute Gasteiger partial charge is 0.476 e. The van der Waals surface area contributed by atoms with Crippen molar-refractivity contribution >= 4 is 12.0 Å². The third-order valence-electron chi connectivity index (χ3n) is 3.17. The molecule has 1 aromatic rings. The molecule has 8 heteroatoms. The summed E-state index contributed by atoms with van der Waals surface area (Å²) >= 11 is 0. The van der Waals surface area contributed by atoms with Gasteiger partial charge in [-0.1, -0.05) is 26.0 Å². The van der Waals surface area contributed by atoms with E-state index in [9.17, 15) is 14.7 Å². The molecule has 1 fully saturated rings. The monoisotopic (exact) mass is 281 g/mol. The molecule has 8 nitrogen and oxygen atoms in total. The molecule has 2 rings (SSSR count). The van der Waals surface area contributed by atoms with Crippen molar-refractivity contribution in [1.82, 2.24) is 25.2 Å². The van der Waals surface area contributed by atoms with Crippen LogP contribution in [0.3, 0.4) is 0 Å². The van der Waals surface area contributed by atoms with Gasteiger partial charge in [-0.3, -0.25) is 0 Å². The number of nitrogens with one attached hydrogen (secondary N) is 1. The van der Waals surface area contributed by atoms with E-state index < -0.39 is 5.97 Å². The number of hydrogen-bond donors (Lipinski definition) is 2. The fourth-order valence-corrected chi connectivity index (χ4v) is 2.30. The van der Waals surface area contributed by atoms with E-state index in [0.717, 1.165) is 0 Å². The summed E-state index contributed by atoms with van der Waals surface area (Å²) in [7, 11) is 0. The van der Waals surface area contributed by atoms with Gasteiger partial charge >= 0.3 is 12.0 Å². The van der Waals surface area contributed by atoms with E-state index in [1.54, 1.807) is 9.58 Å². The van der Waals surface area contributed by atoms with Crippen LogP contribution < -0.4 is 5.32 Å². The quantitative estimate of drug-likeness (QED) is 0.826. The number of aromatic carboxylic acids is 1. The van der Waals surface area contributed by atoms with Gasteiger partial charge < -0.3 is 15.3 Å². The zero-order valence-electron chi connectivity index (χ0n) is 11.9. The van der Waals surface area contributed by atoms with Crippen molar-refractivity contribution in [2.45, 2.75) is 32.7 Å². The highest BCUT2D eigenvalue weighted by molar-refractivity contribution is 5.86. The molecule has 0 aliphatic carbocycles. The second kappa shape index (κ2) is 5.10. The lowest BCUT2D eigenvalue weighted by molar-refractivity contribution is 0.0687. The second-order valence-corrected chi connectivity index (χ2v) is 5.78. The van der Waals surface area contributed by atoms with Crippen LogP contribution in [0.4, 0.5) is 4.79 Å². The summed E-state index contributed by atoms with van der Waals surface area (Å²) in [6.45, 7) is 7.95. The number of carboxylic acid groups (broad SMARTS) is 1.